The maximum absolute atomic E-state index is 13.0. The van der Waals surface area contributed by atoms with Crippen molar-refractivity contribution in [1.82, 2.24) is 0 Å². The fourth-order valence-corrected chi connectivity index (χ4v) is 12.0. The van der Waals surface area contributed by atoms with E-state index in [1.807, 2.05) is 13.8 Å². The summed E-state index contributed by atoms with van der Waals surface area (Å²) in [6.07, 6.45) is 0.883. The second kappa shape index (κ2) is 2.86. The van der Waals surface area contributed by atoms with Gasteiger partial charge in [0.25, 0.3) is 0 Å². The van der Waals surface area contributed by atoms with E-state index in [0.717, 1.165) is 6.42 Å². The Kier molecular flexibility index (Phi) is 2.06. The van der Waals surface area contributed by atoms with E-state index in [-0.39, 0.29) is 21.6 Å². The van der Waals surface area contributed by atoms with Gasteiger partial charge in [-0.1, -0.05) is 42.1 Å². The summed E-state index contributed by atoms with van der Waals surface area (Å²) in [7, 11) is -3.15. The number of halogens is 1. The standard InChI is InChI=1S/C14H19BrO2S/c1-6-8-10-11(3)9(7-2)14(15)12(10,4)13(14,5)18(11,16)17/h9-10H,7H2,1-5H3/t9-,10+,11-,12+,13-,14+/m1/s1. The lowest BCUT2D eigenvalue weighted by molar-refractivity contribution is 0.353. The van der Waals surface area contributed by atoms with Crippen molar-refractivity contribution in [3.8, 4) is 11.8 Å². The van der Waals surface area contributed by atoms with Crippen LogP contribution >= 0.6 is 15.9 Å². The van der Waals surface area contributed by atoms with Gasteiger partial charge in [0.15, 0.2) is 9.84 Å². The average molecular weight is 331 g/mol. The molecule has 4 aliphatic rings. The maximum atomic E-state index is 13.0. The van der Waals surface area contributed by atoms with E-state index < -0.39 is 19.3 Å². The molecule has 4 rings (SSSR count). The number of alkyl halides is 1. The summed E-state index contributed by atoms with van der Waals surface area (Å²) in [5.41, 5.74) is -0.239. The molecule has 0 aromatic heterocycles. The zero-order valence-electron chi connectivity index (χ0n) is 11.5. The van der Waals surface area contributed by atoms with Crippen LogP contribution in [0.5, 0.6) is 0 Å². The number of sulfone groups is 1. The highest BCUT2D eigenvalue weighted by Gasteiger charge is 3.05. The van der Waals surface area contributed by atoms with Gasteiger partial charge >= 0.3 is 0 Å². The molecular formula is C14H19BrO2S. The topological polar surface area (TPSA) is 34.1 Å². The van der Waals surface area contributed by atoms with Crippen molar-refractivity contribution in [1.29, 1.82) is 0 Å². The van der Waals surface area contributed by atoms with Crippen LogP contribution in [0, 0.1) is 29.1 Å². The van der Waals surface area contributed by atoms with E-state index in [9.17, 15) is 8.42 Å². The molecule has 6 atom stereocenters. The second-order valence-corrected chi connectivity index (χ2v) is 10.4. The molecule has 0 amide bonds. The fraction of sp³-hybridized carbons (Fsp3) is 0.857. The molecule has 2 aliphatic heterocycles. The van der Waals surface area contributed by atoms with E-state index in [0.29, 0.717) is 0 Å². The molecule has 2 saturated carbocycles. The monoisotopic (exact) mass is 330 g/mol. The molecule has 0 radical (unpaired) electrons. The van der Waals surface area contributed by atoms with Crippen LogP contribution in [-0.4, -0.2) is 22.2 Å². The predicted octanol–water partition coefficient (Wildman–Crippen LogP) is 2.77. The van der Waals surface area contributed by atoms with Gasteiger partial charge < -0.3 is 0 Å². The van der Waals surface area contributed by atoms with Crippen molar-refractivity contribution < 1.29 is 8.42 Å². The zero-order valence-corrected chi connectivity index (χ0v) is 13.9. The van der Waals surface area contributed by atoms with E-state index in [1.165, 1.54) is 0 Å². The van der Waals surface area contributed by atoms with Gasteiger partial charge in [-0.15, -0.1) is 5.92 Å². The predicted molar refractivity (Wildman–Crippen MR) is 76.2 cm³/mol. The van der Waals surface area contributed by atoms with Crippen LogP contribution < -0.4 is 0 Å². The van der Waals surface area contributed by atoms with Gasteiger partial charge in [-0.3, -0.25) is 0 Å². The summed E-state index contributed by atoms with van der Waals surface area (Å²) >= 11 is 3.84. The van der Waals surface area contributed by atoms with Crippen LogP contribution in [0.15, 0.2) is 0 Å². The molecule has 2 heterocycles. The Morgan fingerprint density at radius 3 is 2.17 bits per heavy atom. The lowest BCUT2D eigenvalue weighted by Crippen LogP contribution is -2.39. The molecule has 4 fully saturated rings. The molecule has 0 aromatic rings. The number of rotatable bonds is 1. The highest BCUT2D eigenvalue weighted by Crippen LogP contribution is 2.94. The van der Waals surface area contributed by atoms with Gasteiger partial charge in [-0.05, 0) is 26.7 Å². The first kappa shape index (κ1) is 13.0. The van der Waals surface area contributed by atoms with Gasteiger partial charge in [0.1, 0.15) is 0 Å². The van der Waals surface area contributed by atoms with Gasteiger partial charge in [-0.25, -0.2) is 8.42 Å². The average Bonchev–Trinajstić information content (AvgIpc) is 2.51. The third-order valence-electron chi connectivity index (χ3n) is 6.51. The van der Waals surface area contributed by atoms with Crippen molar-refractivity contribution in [3.05, 3.63) is 0 Å². The molecule has 4 heteroatoms. The maximum Gasteiger partial charge on any atom is 0.164 e. The molecule has 100 valence electrons. The molecular weight excluding hydrogens is 312 g/mol. The molecule has 4 bridgehead atoms. The minimum absolute atomic E-state index is 0.0469. The highest BCUT2D eigenvalue weighted by molar-refractivity contribution is 9.10. The van der Waals surface area contributed by atoms with E-state index >= 15 is 0 Å². The van der Waals surface area contributed by atoms with Crippen LogP contribution in [0.1, 0.15) is 41.0 Å². The summed E-state index contributed by atoms with van der Waals surface area (Å²) < 4.78 is 24.4. The third kappa shape index (κ3) is 0.693. The molecule has 2 aliphatic carbocycles. The quantitative estimate of drug-likeness (QED) is 0.547. The zero-order chi connectivity index (χ0) is 13.8. The molecule has 2 nitrogen and oxygen atoms in total. The lowest BCUT2D eigenvalue weighted by Gasteiger charge is -2.28. The summed E-state index contributed by atoms with van der Waals surface area (Å²) in [4.78, 5) is 0. The summed E-state index contributed by atoms with van der Waals surface area (Å²) in [5, 5.41) is 0. The lowest BCUT2D eigenvalue weighted by atomic mass is 9.79. The minimum Gasteiger partial charge on any atom is -0.228 e. The van der Waals surface area contributed by atoms with Crippen LogP contribution in [0.2, 0.25) is 0 Å². The van der Waals surface area contributed by atoms with Crippen molar-refractivity contribution >= 4 is 25.8 Å². The van der Waals surface area contributed by atoms with Crippen molar-refractivity contribution in [2.75, 3.05) is 0 Å². The molecule has 2 saturated heterocycles. The Morgan fingerprint density at radius 2 is 1.83 bits per heavy atom. The van der Waals surface area contributed by atoms with Gasteiger partial charge in [0.2, 0.25) is 0 Å². The Bertz CT molecular complexity index is 615. The largest absolute Gasteiger partial charge is 0.228 e. The Hall–Kier alpha value is -0.0100. The van der Waals surface area contributed by atoms with E-state index in [1.54, 1.807) is 6.92 Å². The van der Waals surface area contributed by atoms with Crippen LogP contribution in [0.4, 0.5) is 0 Å². The Balaban J connectivity index is 2.40. The molecule has 0 unspecified atom stereocenters. The smallest absolute Gasteiger partial charge is 0.164 e. The number of hydrogen-bond donors (Lipinski definition) is 0. The van der Waals surface area contributed by atoms with Crippen molar-refractivity contribution in [2.24, 2.45) is 17.3 Å². The summed E-state index contributed by atoms with van der Waals surface area (Å²) in [6.45, 7) is 9.84. The van der Waals surface area contributed by atoms with E-state index in [4.69, 9.17) is 0 Å². The second-order valence-electron chi connectivity index (χ2n) is 6.42. The Labute approximate surface area is 118 Å². The first-order valence-corrected chi connectivity index (χ1v) is 8.77. The number of hydrogen-bond acceptors (Lipinski definition) is 2. The van der Waals surface area contributed by atoms with Gasteiger partial charge in [-0.2, -0.15) is 0 Å². The first-order chi connectivity index (χ1) is 8.14. The molecule has 0 spiro atoms. The normalized spacial score (nSPS) is 62.3. The van der Waals surface area contributed by atoms with Crippen molar-refractivity contribution in [2.45, 2.75) is 54.9 Å². The molecule has 0 aromatic carbocycles. The summed E-state index contributed by atoms with van der Waals surface area (Å²) in [6, 6.07) is 0. The van der Waals surface area contributed by atoms with Crippen LogP contribution in [-0.2, 0) is 9.84 Å². The summed E-state index contributed by atoms with van der Waals surface area (Å²) in [5.74, 6) is 6.29. The van der Waals surface area contributed by atoms with Crippen LogP contribution in [0.25, 0.3) is 0 Å². The SMILES string of the molecule is CC#C[C@@H]1[C@]2(C)[C@@]3(Br)[C@H](CC)[C@@]1(C)S(=O)(=O)[C@]23C. The highest BCUT2D eigenvalue weighted by atomic mass is 79.9. The fourth-order valence-electron chi connectivity index (χ4n) is 5.61. The Morgan fingerprint density at radius 1 is 1.28 bits per heavy atom. The molecule has 0 N–H and O–H groups in total. The van der Waals surface area contributed by atoms with Gasteiger partial charge in [0.05, 0.1) is 13.8 Å². The molecule has 18 heavy (non-hydrogen) atoms. The third-order valence-corrected chi connectivity index (χ3v) is 12.4. The van der Waals surface area contributed by atoms with Gasteiger partial charge in [0, 0.05) is 11.3 Å². The van der Waals surface area contributed by atoms with Crippen molar-refractivity contribution in [3.63, 3.8) is 0 Å². The van der Waals surface area contributed by atoms with Crippen LogP contribution in [0.3, 0.4) is 0 Å². The minimum atomic E-state index is -3.15. The first-order valence-electron chi connectivity index (χ1n) is 6.49. The van der Waals surface area contributed by atoms with E-state index in [2.05, 4.69) is 41.6 Å².